The molecule has 1 aromatic carbocycles. The van der Waals surface area contributed by atoms with Gasteiger partial charge in [0.1, 0.15) is 6.10 Å². The first-order valence-corrected chi connectivity index (χ1v) is 7.78. The summed E-state index contributed by atoms with van der Waals surface area (Å²) >= 11 is 0. The van der Waals surface area contributed by atoms with Crippen LogP contribution >= 0.6 is 0 Å². The summed E-state index contributed by atoms with van der Waals surface area (Å²) in [6.07, 6.45) is 5.40. The Morgan fingerprint density at radius 3 is 3.10 bits per heavy atom. The van der Waals surface area contributed by atoms with Gasteiger partial charge >= 0.3 is 0 Å². The van der Waals surface area contributed by atoms with Crippen molar-refractivity contribution in [3.8, 4) is 11.5 Å². The molecule has 108 valence electrons. The maximum atomic E-state index is 6.38. The Kier molecular flexibility index (Phi) is 2.75. The van der Waals surface area contributed by atoms with E-state index < -0.39 is 0 Å². The molecule has 4 rings (SSSR count). The van der Waals surface area contributed by atoms with Crippen LogP contribution in [0.2, 0.25) is 0 Å². The van der Waals surface area contributed by atoms with Crippen LogP contribution in [0.15, 0.2) is 18.2 Å². The Bertz CT molecular complexity index is 530. The maximum Gasteiger partial charge on any atom is 0.165 e. The van der Waals surface area contributed by atoms with Crippen LogP contribution in [0.25, 0.3) is 0 Å². The van der Waals surface area contributed by atoms with E-state index >= 15 is 0 Å². The molecule has 0 bridgehead atoms. The molecular weight excluding hydrogens is 250 g/mol. The van der Waals surface area contributed by atoms with E-state index in [0.717, 1.165) is 17.4 Å². The van der Waals surface area contributed by atoms with Gasteiger partial charge in [-0.25, -0.2) is 0 Å². The zero-order chi connectivity index (χ0) is 13.7. The van der Waals surface area contributed by atoms with Crippen LogP contribution in [0, 0.1) is 5.92 Å². The van der Waals surface area contributed by atoms with Crippen LogP contribution < -0.4 is 9.47 Å². The lowest BCUT2D eigenvalue weighted by Gasteiger charge is -2.50. The molecule has 2 fully saturated rings. The minimum atomic E-state index is 0.245. The molecule has 1 saturated carbocycles. The first-order valence-electron chi connectivity index (χ1n) is 7.78. The van der Waals surface area contributed by atoms with Crippen molar-refractivity contribution in [3.05, 3.63) is 23.8 Å². The standard InChI is InChI=1S/C17H23NO2/c1-18-10-9-17-12(11-18)5-3-8-15(17)20-16-13(17)6-4-7-14(16)19-2/h4,6-7,12,15H,3,5,8-11H2,1-2H3/t12-,15-,17-/m0/s1. The molecule has 0 aromatic heterocycles. The highest BCUT2D eigenvalue weighted by Gasteiger charge is 2.57. The van der Waals surface area contributed by atoms with Crippen molar-refractivity contribution in [2.45, 2.75) is 37.2 Å². The van der Waals surface area contributed by atoms with Gasteiger partial charge in [0.25, 0.3) is 0 Å². The third kappa shape index (κ3) is 1.50. The summed E-state index contributed by atoms with van der Waals surface area (Å²) in [5.41, 5.74) is 1.66. The smallest absolute Gasteiger partial charge is 0.165 e. The summed E-state index contributed by atoms with van der Waals surface area (Å²) in [7, 11) is 3.99. The van der Waals surface area contributed by atoms with Gasteiger partial charge in [0.15, 0.2) is 11.5 Å². The van der Waals surface area contributed by atoms with Gasteiger partial charge in [0.2, 0.25) is 0 Å². The van der Waals surface area contributed by atoms with Gasteiger partial charge in [0.05, 0.1) is 7.11 Å². The first kappa shape index (κ1) is 12.5. The number of nitrogens with zero attached hydrogens (tertiary/aromatic N) is 1. The highest BCUT2D eigenvalue weighted by molar-refractivity contribution is 5.55. The molecule has 3 heteroatoms. The van der Waals surface area contributed by atoms with Crippen LogP contribution in [0.3, 0.4) is 0 Å². The number of fused-ring (bicyclic) bond motifs is 1. The second kappa shape index (κ2) is 4.39. The lowest BCUT2D eigenvalue weighted by Crippen LogP contribution is -2.55. The lowest BCUT2D eigenvalue weighted by molar-refractivity contribution is -0.000159. The summed E-state index contributed by atoms with van der Waals surface area (Å²) in [6.45, 7) is 2.38. The number of benzene rings is 1. The van der Waals surface area contributed by atoms with Crippen molar-refractivity contribution in [2.75, 3.05) is 27.2 Å². The van der Waals surface area contributed by atoms with E-state index in [-0.39, 0.29) is 5.41 Å². The number of ether oxygens (including phenoxy) is 2. The third-order valence-corrected chi connectivity index (χ3v) is 5.72. The Balaban J connectivity index is 1.85. The monoisotopic (exact) mass is 273 g/mol. The van der Waals surface area contributed by atoms with E-state index in [1.807, 2.05) is 6.07 Å². The summed E-state index contributed by atoms with van der Waals surface area (Å²) in [4.78, 5) is 2.48. The number of methoxy groups -OCH3 is 1. The van der Waals surface area contributed by atoms with E-state index in [1.54, 1.807) is 7.11 Å². The molecule has 0 N–H and O–H groups in total. The number of rotatable bonds is 1. The van der Waals surface area contributed by atoms with E-state index in [1.165, 1.54) is 44.3 Å². The molecule has 3 atom stereocenters. The summed E-state index contributed by atoms with van der Waals surface area (Å²) in [5, 5.41) is 0. The van der Waals surface area contributed by atoms with Crippen molar-refractivity contribution in [1.29, 1.82) is 0 Å². The number of para-hydroxylation sites is 1. The highest BCUT2D eigenvalue weighted by Crippen LogP contribution is 2.58. The van der Waals surface area contributed by atoms with Gasteiger partial charge in [0, 0.05) is 17.5 Å². The van der Waals surface area contributed by atoms with Gasteiger partial charge in [-0.3, -0.25) is 0 Å². The largest absolute Gasteiger partial charge is 0.493 e. The minimum Gasteiger partial charge on any atom is -0.493 e. The lowest BCUT2D eigenvalue weighted by atomic mass is 9.58. The van der Waals surface area contributed by atoms with Gasteiger partial charge in [-0.2, -0.15) is 0 Å². The van der Waals surface area contributed by atoms with E-state index in [2.05, 4.69) is 24.1 Å². The van der Waals surface area contributed by atoms with Gasteiger partial charge in [-0.05, 0) is 51.3 Å². The SMILES string of the molecule is COc1cccc2c1O[C@H]1CCC[C@H]3CN(C)CC[C@@]231. The molecular formula is C17H23NO2. The maximum absolute atomic E-state index is 6.38. The second-order valence-corrected chi connectivity index (χ2v) is 6.62. The Labute approximate surface area is 120 Å². The van der Waals surface area contributed by atoms with Crippen LogP contribution in [-0.2, 0) is 5.41 Å². The zero-order valence-electron chi connectivity index (χ0n) is 12.4. The molecule has 2 aliphatic heterocycles. The molecule has 3 aliphatic rings. The second-order valence-electron chi connectivity index (χ2n) is 6.62. The third-order valence-electron chi connectivity index (χ3n) is 5.72. The van der Waals surface area contributed by atoms with Crippen molar-refractivity contribution >= 4 is 0 Å². The van der Waals surface area contributed by atoms with E-state index in [9.17, 15) is 0 Å². The average Bonchev–Trinajstić information content (AvgIpc) is 2.80. The number of piperidine rings is 1. The van der Waals surface area contributed by atoms with Gasteiger partial charge in [-0.1, -0.05) is 12.1 Å². The predicted molar refractivity (Wildman–Crippen MR) is 78.5 cm³/mol. The topological polar surface area (TPSA) is 21.7 Å². The first-order chi connectivity index (χ1) is 9.75. The molecule has 0 unspecified atom stereocenters. The molecule has 0 radical (unpaired) electrons. The van der Waals surface area contributed by atoms with Crippen molar-refractivity contribution in [3.63, 3.8) is 0 Å². The van der Waals surface area contributed by atoms with Crippen molar-refractivity contribution in [2.24, 2.45) is 5.92 Å². The predicted octanol–water partition coefficient (Wildman–Crippen LogP) is 2.83. The molecule has 2 heterocycles. The summed E-state index contributed by atoms with van der Waals surface area (Å²) in [6, 6.07) is 6.43. The number of hydrogen-bond acceptors (Lipinski definition) is 3. The molecule has 1 aliphatic carbocycles. The minimum absolute atomic E-state index is 0.245. The number of hydrogen-bond donors (Lipinski definition) is 0. The molecule has 0 amide bonds. The molecule has 3 nitrogen and oxygen atoms in total. The average molecular weight is 273 g/mol. The van der Waals surface area contributed by atoms with Crippen LogP contribution in [0.4, 0.5) is 0 Å². The molecule has 1 saturated heterocycles. The van der Waals surface area contributed by atoms with Crippen LogP contribution in [0.1, 0.15) is 31.2 Å². The fraction of sp³-hybridized carbons (Fsp3) is 0.647. The summed E-state index contributed by atoms with van der Waals surface area (Å²) in [5.74, 6) is 2.66. The quantitative estimate of drug-likeness (QED) is 0.785. The van der Waals surface area contributed by atoms with Crippen molar-refractivity contribution < 1.29 is 9.47 Å². The summed E-state index contributed by atoms with van der Waals surface area (Å²) < 4.78 is 11.9. The van der Waals surface area contributed by atoms with Gasteiger partial charge in [-0.15, -0.1) is 0 Å². The Morgan fingerprint density at radius 1 is 1.35 bits per heavy atom. The Hall–Kier alpha value is -1.22. The fourth-order valence-corrected chi connectivity index (χ4v) is 4.79. The Morgan fingerprint density at radius 2 is 2.25 bits per heavy atom. The molecule has 20 heavy (non-hydrogen) atoms. The van der Waals surface area contributed by atoms with Crippen LogP contribution in [0.5, 0.6) is 11.5 Å². The highest BCUT2D eigenvalue weighted by atomic mass is 16.5. The van der Waals surface area contributed by atoms with E-state index in [4.69, 9.17) is 9.47 Å². The van der Waals surface area contributed by atoms with Gasteiger partial charge < -0.3 is 14.4 Å². The normalized spacial score (nSPS) is 35.7. The fourth-order valence-electron chi connectivity index (χ4n) is 4.79. The van der Waals surface area contributed by atoms with Crippen molar-refractivity contribution in [1.82, 2.24) is 4.90 Å². The molecule has 1 aromatic rings. The zero-order valence-corrected chi connectivity index (χ0v) is 12.4. The van der Waals surface area contributed by atoms with Crippen LogP contribution in [-0.4, -0.2) is 38.3 Å². The molecule has 1 spiro atoms. The van der Waals surface area contributed by atoms with E-state index in [0.29, 0.717) is 6.10 Å². The number of likely N-dealkylation sites (tertiary alicyclic amines) is 1.